The summed E-state index contributed by atoms with van der Waals surface area (Å²) in [6.45, 7) is 15.2. The summed E-state index contributed by atoms with van der Waals surface area (Å²) in [6, 6.07) is 25.9. The summed E-state index contributed by atoms with van der Waals surface area (Å²) < 4.78 is 56.1. The quantitative estimate of drug-likeness (QED) is 0.0344. The van der Waals surface area contributed by atoms with E-state index in [0.717, 1.165) is 59.6 Å². The first-order valence-electron chi connectivity index (χ1n) is 22.8. The lowest BCUT2D eigenvalue weighted by Crippen LogP contribution is -2.28. The number of hydrogen-bond acceptors (Lipinski definition) is 7. The van der Waals surface area contributed by atoms with Crippen LogP contribution in [0.2, 0.25) is 0 Å². The number of amides is 1. The lowest BCUT2D eigenvalue weighted by atomic mass is 9.81. The second kappa shape index (κ2) is 20.1. The number of unbranched alkanes of at least 4 members (excludes halogenated alkanes) is 3. The summed E-state index contributed by atoms with van der Waals surface area (Å²) in [5, 5.41) is 3.05. The number of hydrogen-bond donors (Lipinski definition) is 2. The van der Waals surface area contributed by atoms with Crippen LogP contribution in [0, 0.1) is 19.7 Å². The normalized spacial score (nSPS) is 16.1. The largest absolute Gasteiger partial charge is 0.748 e. The third-order valence-corrected chi connectivity index (χ3v) is 13.6. The summed E-state index contributed by atoms with van der Waals surface area (Å²) in [5.41, 5.74) is 10.7. The van der Waals surface area contributed by atoms with Crippen molar-refractivity contribution in [1.29, 1.82) is 0 Å². The number of allylic oxidation sites excluding steroid dienone is 6. The number of benzene rings is 4. The number of rotatable bonds is 20. The molecule has 0 spiro atoms. The van der Waals surface area contributed by atoms with Crippen LogP contribution >= 0.6 is 0 Å². The van der Waals surface area contributed by atoms with Gasteiger partial charge in [0.25, 0.3) is 0 Å². The average Bonchev–Trinajstić information content (AvgIpc) is 3.86. The molecule has 5 aromatic rings. The van der Waals surface area contributed by atoms with Crippen LogP contribution < -0.4 is 15.0 Å². The monoisotopic (exact) mass is 899 g/mol. The Kier molecular flexibility index (Phi) is 14.6. The Morgan fingerprint density at radius 3 is 2.45 bits per heavy atom. The van der Waals surface area contributed by atoms with Crippen LogP contribution in [-0.2, 0) is 25.7 Å². The molecule has 342 valence electrons. The molecule has 7 rings (SSSR count). The number of anilines is 1. The van der Waals surface area contributed by atoms with Gasteiger partial charge >= 0.3 is 0 Å². The first kappa shape index (κ1) is 47.1. The minimum atomic E-state index is -4.24. The van der Waals surface area contributed by atoms with Crippen LogP contribution in [0.5, 0.6) is 5.75 Å². The van der Waals surface area contributed by atoms with Crippen molar-refractivity contribution >= 4 is 44.1 Å². The number of aromatic nitrogens is 2. The molecule has 4 aromatic carbocycles. The fourth-order valence-corrected chi connectivity index (χ4v) is 9.85. The highest BCUT2D eigenvalue weighted by atomic mass is 32.2. The molecular weight excluding hydrogens is 838 g/mol. The number of ether oxygens (including phenoxy) is 1. The van der Waals surface area contributed by atoms with Gasteiger partial charge in [-0.15, -0.1) is 0 Å². The van der Waals surface area contributed by atoms with Gasteiger partial charge in [-0.05, 0) is 113 Å². The third kappa shape index (κ3) is 10.8. The Balaban J connectivity index is 0.884. The van der Waals surface area contributed by atoms with Gasteiger partial charge in [0.2, 0.25) is 11.6 Å². The van der Waals surface area contributed by atoms with E-state index < -0.39 is 10.1 Å². The van der Waals surface area contributed by atoms with E-state index >= 15 is 0 Å². The number of imidazole rings is 1. The van der Waals surface area contributed by atoms with E-state index in [1.165, 1.54) is 28.6 Å². The number of aromatic amines is 1. The molecule has 0 unspecified atom stereocenters. The van der Waals surface area contributed by atoms with Crippen molar-refractivity contribution in [3.63, 3.8) is 0 Å². The summed E-state index contributed by atoms with van der Waals surface area (Å²) in [7, 11) is -4.24. The fourth-order valence-electron chi connectivity index (χ4n) is 9.29. The smallest absolute Gasteiger partial charge is 0.219 e. The van der Waals surface area contributed by atoms with Crippen LogP contribution in [-0.4, -0.2) is 71.1 Å². The van der Waals surface area contributed by atoms with E-state index in [2.05, 4.69) is 119 Å². The summed E-state index contributed by atoms with van der Waals surface area (Å²) in [4.78, 5) is 22.9. The van der Waals surface area contributed by atoms with Crippen LogP contribution in [0.3, 0.4) is 0 Å². The van der Waals surface area contributed by atoms with Gasteiger partial charge in [0.05, 0.1) is 33.2 Å². The fraction of sp³-hybridized carbons (Fsp3) is 0.377. The van der Waals surface area contributed by atoms with Crippen molar-refractivity contribution in [3.8, 4) is 17.1 Å². The number of carbonyl (C=O) groups is 1. The molecule has 1 amide bonds. The highest BCUT2D eigenvalue weighted by molar-refractivity contribution is 7.85. The van der Waals surface area contributed by atoms with Crippen LogP contribution in [0.15, 0.2) is 115 Å². The standard InChI is InChI=1S/C53H62FN5O5S/c1-37-36-39(27-28-40(37)51-56-44-30-29-43(54)38(2)50(44)57-51)64-34-19-31-55-49(60)26-11-8-16-32-58-45-22-14-12-20-41(45)52(3,4)47(58)24-9-7-10-25-48-53(5,6)42-21-13-15-23-46(42)59(48)33-17-18-35-65(61,62)63/h7,9-10,12-15,20-25,27-30,36H,8,11,16-19,26,31-35H2,1-6H3,(H2-,55,56,57,60,61,62,63). The molecule has 0 bridgehead atoms. The molecule has 0 fully saturated rings. The van der Waals surface area contributed by atoms with Crippen LogP contribution in [0.4, 0.5) is 15.8 Å². The van der Waals surface area contributed by atoms with Gasteiger partial charge < -0.3 is 24.5 Å². The first-order chi connectivity index (χ1) is 31.1. The Morgan fingerprint density at radius 1 is 0.892 bits per heavy atom. The number of para-hydroxylation sites is 2. The van der Waals surface area contributed by atoms with Crippen molar-refractivity contribution in [2.24, 2.45) is 0 Å². The maximum absolute atomic E-state index is 14.1. The zero-order chi connectivity index (χ0) is 46.4. The molecule has 0 saturated heterocycles. The number of nitrogens with one attached hydrogen (secondary N) is 2. The summed E-state index contributed by atoms with van der Waals surface area (Å²) in [6.07, 6.45) is 15.4. The number of nitrogens with zero attached hydrogens (tertiary/aromatic N) is 3. The van der Waals surface area contributed by atoms with Crippen molar-refractivity contribution in [2.45, 2.75) is 97.3 Å². The SMILES string of the molecule is Cc1cc(OCCCNC(=O)CCCCC[N+]2=C(/C=C/C=C/C=C3/N(CCCCS(=O)(=O)[O-])c4ccccc4C3(C)C)C(C)(C)c3ccccc32)ccc1-c1nc2c(C)c(F)ccc2[nH]1. The minimum Gasteiger partial charge on any atom is -0.748 e. The minimum absolute atomic E-state index is 0.0541. The van der Waals surface area contributed by atoms with E-state index in [-0.39, 0.29) is 28.3 Å². The Morgan fingerprint density at radius 2 is 1.66 bits per heavy atom. The highest BCUT2D eigenvalue weighted by Gasteiger charge is 2.44. The maximum Gasteiger partial charge on any atom is 0.219 e. The van der Waals surface area contributed by atoms with Gasteiger partial charge in [-0.25, -0.2) is 17.8 Å². The number of carbonyl (C=O) groups excluding carboxylic acids is 1. The van der Waals surface area contributed by atoms with Crippen molar-refractivity contribution < 1.29 is 31.5 Å². The predicted molar refractivity (Wildman–Crippen MR) is 259 cm³/mol. The van der Waals surface area contributed by atoms with Gasteiger partial charge in [0, 0.05) is 77.3 Å². The first-order valence-corrected chi connectivity index (χ1v) is 24.4. The molecule has 12 heteroatoms. The molecule has 65 heavy (non-hydrogen) atoms. The van der Waals surface area contributed by atoms with Crippen molar-refractivity contribution in [1.82, 2.24) is 15.3 Å². The number of aryl methyl sites for hydroxylation is 2. The van der Waals surface area contributed by atoms with E-state index in [9.17, 15) is 22.2 Å². The highest BCUT2D eigenvalue weighted by Crippen LogP contribution is 2.47. The third-order valence-electron chi connectivity index (χ3n) is 12.8. The van der Waals surface area contributed by atoms with Gasteiger partial charge in [-0.1, -0.05) is 68.5 Å². The molecule has 0 atom stereocenters. The lowest BCUT2D eigenvalue weighted by Gasteiger charge is -2.27. The number of H-pyrrole nitrogens is 1. The zero-order valence-electron chi connectivity index (χ0n) is 38.5. The molecule has 0 radical (unpaired) electrons. The topological polar surface area (TPSA) is 130 Å². The summed E-state index contributed by atoms with van der Waals surface area (Å²) in [5.74, 6) is 0.875. The van der Waals surface area contributed by atoms with E-state index in [1.54, 1.807) is 13.0 Å². The van der Waals surface area contributed by atoms with E-state index in [4.69, 9.17) is 4.74 Å². The number of fused-ring (bicyclic) bond motifs is 3. The van der Waals surface area contributed by atoms with E-state index in [0.29, 0.717) is 62.3 Å². The van der Waals surface area contributed by atoms with E-state index in [1.807, 2.05) is 37.3 Å². The van der Waals surface area contributed by atoms with Crippen molar-refractivity contribution in [3.05, 3.63) is 143 Å². The molecule has 1 aromatic heterocycles. The second-order valence-electron chi connectivity index (χ2n) is 18.2. The average molecular weight is 900 g/mol. The maximum atomic E-state index is 14.1. The predicted octanol–water partition coefficient (Wildman–Crippen LogP) is 10.6. The van der Waals surface area contributed by atoms with Gasteiger partial charge in [0.15, 0.2) is 5.71 Å². The molecule has 2 aliphatic rings. The Labute approximate surface area is 383 Å². The zero-order valence-corrected chi connectivity index (χ0v) is 39.4. The lowest BCUT2D eigenvalue weighted by molar-refractivity contribution is -0.438. The van der Waals surface area contributed by atoms with Gasteiger partial charge in [-0.2, -0.15) is 4.58 Å². The van der Waals surface area contributed by atoms with Crippen LogP contribution in [0.1, 0.15) is 94.9 Å². The van der Waals surface area contributed by atoms with Gasteiger partial charge in [0.1, 0.15) is 23.9 Å². The second-order valence-corrected chi connectivity index (χ2v) is 19.8. The summed E-state index contributed by atoms with van der Waals surface area (Å²) >= 11 is 0. The number of halogens is 1. The Hall–Kier alpha value is -5.85. The van der Waals surface area contributed by atoms with Crippen LogP contribution in [0.25, 0.3) is 22.4 Å². The van der Waals surface area contributed by atoms with Gasteiger partial charge in [-0.3, -0.25) is 4.79 Å². The Bertz CT molecular complexity index is 2780. The molecular formula is C53H62FN5O5S. The van der Waals surface area contributed by atoms with Crippen molar-refractivity contribution in [2.75, 3.05) is 36.9 Å². The molecule has 3 heterocycles. The molecule has 10 nitrogen and oxygen atoms in total. The molecule has 2 aliphatic heterocycles. The molecule has 0 aliphatic carbocycles. The molecule has 0 saturated carbocycles. The molecule has 2 N–H and O–H groups in total.